The molecule has 0 spiro atoms. The van der Waals surface area contributed by atoms with E-state index in [-0.39, 0.29) is 12.3 Å². The second kappa shape index (κ2) is 9.92. The molecule has 0 unspecified atom stereocenters. The van der Waals surface area contributed by atoms with E-state index in [2.05, 4.69) is 10.5 Å². The standard InChI is InChI=1S/C26H21ClN2O2/c27-23-12-8-20(9-13-23)18-31-24-14-10-19(11-15-24)17-28-29-26(30)16-22-6-3-5-21-4-1-2-7-25(21)22/h1-15,17H,16,18H2,(H,29,30)/b28-17+. The minimum atomic E-state index is -0.157. The van der Waals surface area contributed by atoms with Gasteiger partial charge in [-0.3, -0.25) is 4.79 Å². The predicted molar refractivity (Wildman–Crippen MR) is 126 cm³/mol. The van der Waals surface area contributed by atoms with Gasteiger partial charge in [-0.05, 0) is 63.9 Å². The highest BCUT2D eigenvalue weighted by atomic mass is 35.5. The molecule has 0 saturated heterocycles. The van der Waals surface area contributed by atoms with E-state index in [1.165, 1.54) is 0 Å². The normalized spacial score (nSPS) is 11.0. The number of nitrogens with zero attached hydrogens (tertiary/aromatic N) is 1. The summed E-state index contributed by atoms with van der Waals surface area (Å²) in [5.41, 5.74) is 5.49. The van der Waals surface area contributed by atoms with E-state index in [1.54, 1.807) is 6.21 Å². The van der Waals surface area contributed by atoms with Crippen molar-refractivity contribution < 1.29 is 9.53 Å². The monoisotopic (exact) mass is 428 g/mol. The van der Waals surface area contributed by atoms with Crippen molar-refractivity contribution in [2.45, 2.75) is 13.0 Å². The van der Waals surface area contributed by atoms with Crippen molar-refractivity contribution in [3.05, 3.63) is 113 Å². The number of carbonyl (C=O) groups excluding carboxylic acids is 1. The third-order valence-corrected chi connectivity index (χ3v) is 5.08. The fourth-order valence-electron chi connectivity index (χ4n) is 3.24. The smallest absolute Gasteiger partial charge is 0.244 e. The van der Waals surface area contributed by atoms with Crippen molar-refractivity contribution in [2.24, 2.45) is 5.10 Å². The van der Waals surface area contributed by atoms with Gasteiger partial charge in [0.1, 0.15) is 12.4 Å². The maximum atomic E-state index is 12.3. The third kappa shape index (κ3) is 5.71. The Kier molecular flexibility index (Phi) is 6.60. The highest BCUT2D eigenvalue weighted by molar-refractivity contribution is 6.30. The van der Waals surface area contributed by atoms with E-state index in [0.29, 0.717) is 11.6 Å². The molecular weight excluding hydrogens is 408 g/mol. The molecule has 4 aromatic carbocycles. The molecule has 0 fully saturated rings. The fraction of sp³-hybridized carbons (Fsp3) is 0.0769. The second-order valence-corrected chi connectivity index (χ2v) is 7.53. The van der Waals surface area contributed by atoms with Crippen LogP contribution in [-0.2, 0) is 17.8 Å². The van der Waals surface area contributed by atoms with Crippen LogP contribution in [0.2, 0.25) is 5.02 Å². The van der Waals surface area contributed by atoms with Crippen LogP contribution < -0.4 is 10.2 Å². The summed E-state index contributed by atoms with van der Waals surface area (Å²) in [6.45, 7) is 0.467. The van der Waals surface area contributed by atoms with E-state index < -0.39 is 0 Å². The molecule has 0 aliphatic rings. The quantitative estimate of drug-likeness (QED) is 0.300. The molecule has 4 aromatic rings. The maximum absolute atomic E-state index is 12.3. The van der Waals surface area contributed by atoms with Gasteiger partial charge >= 0.3 is 0 Å². The molecule has 31 heavy (non-hydrogen) atoms. The van der Waals surface area contributed by atoms with Crippen molar-refractivity contribution in [2.75, 3.05) is 0 Å². The van der Waals surface area contributed by atoms with Crippen molar-refractivity contribution in [3.63, 3.8) is 0 Å². The molecule has 0 bridgehead atoms. The number of benzene rings is 4. The maximum Gasteiger partial charge on any atom is 0.244 e. The third-order valence-electron chi connectivity index (χ3n) is 4.83. The number of fused-ring (bicyclic) bond motifs is 1. The summed E-state index contributed by atoms with van der Waals surface area (Å²) >= 11 is 5.89. The lowest BCUT2D eigenvalue weighted by atomic mass is 10.0. The number of ether oxygens (including phenoxy) is 1. The van der Waals surface area contributed by atoms with Crippen molar-refractivity contribution in [3.8, 4) is 5.75 Å². The van der Waals surface area contributed by atoms with Crippen LogP contribution in [0.3, 0.4) is 0 Å². The van der Waals surface area contributed by atoms with Crippen LogP contribution in [0.25, 0.3) is 10.8 Å². The Bertz CT molecular complexity index is 1200. The number of hydrogen-bond acceptors (Lipinski definition) is 3. The van der Waals surface area contributed by atoms with Crippen LogP contribution in [0.1, 0.15) is 16.7 Å². The summed E-state index contributed by atoms with van der Waals surface area (Å²) in [6, 6.07) is 29.1. The SMILES string of the molecule is O=C(Cc1cccc2ccccc12)N/N=C/c1ccc(OCc2ccc(Cl)cc2)cc1. The molecule has 0 aliphatic heterocycles. The Morgan fingerprint density at radius 1 is 0.903 bits per heavy atom. The van der Waals surface area contributed by atoms with Gasteiger partial charge in [0.05, 0.1) is 12.6 Å². The predicted octanol–water partition coefficient (Wildman–Crippen LogP) is 5.77. The molecule has 0 aromatic heterocycles. The zero-order chi connectivity index (χ0) is 21.5. The molecule has 0 atom stereocenters. The van der Waals surface area contributed by atoms with E-state index in [0.717, 1.165) is 33.2 Å². The summed E-state index contributed by atoms with van der Waals surface area (Å²) < 4.78 is 5.77. The van der Waals surface area contributed by atoms with Gasteiger partial charge in [0.25, 0.3) is 0 Å². The summed E-state index contributed by atoms with van der Waals surface area (Å²) in [5.74, 6) is 0.600. The van der Waals surface area contributed by atoms with Gasteiger partial charge in [-0.15, -0.1) is 0 Å². The molecule has 0 aliphatic carbocycles. The van der Waals surface area contributed by atoms with Gasteiger partial charge in [0.15, 0.2) is 0 Å². The first kappa shape index (κ1) is 20.6. The molecule has 154 valence electrons. The van der Waals surface area contributed by atoms with Gasteiger partial charge in [-0.2, -0.15) is 5.10 Å². The summed E-state index contributed by atoms with van der Waals surface area (Å²) in [5, 5.41) is 6.98. The molecule has 0 saturated carbocycles. The zero-order valence-corrected chi connectivity index (χ0v) is 17.5. The Hall–Kier alpha value is -3.63. The number of hydrogen-bond donors (Lipinski definition) is 1. The van der Waals surface area contributed by atoms with E-state index in [1.807, 2.05) is 91.0 Å². The van der Waals surface area contributed by atoms with E-state index in [9.17, 15) is 4.79 Å². The van der Waals surface area contributed by atoms with Gasteiger partial charge in [0, 0.05) is 5.02 Å². The fourth-order valence-corrected chi connectivity index (χ4v) is 3.36. The first-order valence-electron chi connectivity index (χ1n) is 9.93. The largest absolute Gasteiger partial charge is 0.489 e. The number of amides is 1. The minimum Gasteiger partial charge on any atom is -0.489 e. The molecule has 4 nitrogen and oxygen atoms in total. The van der Waals surface area contributed by atoms with E-state index in [4.69, 9.17) is 16.3 Å². The topological polar surface area (TPSA) is 50.7 Å². The van der Waals surface area contributed by atoms with Gasteiger partial charge in [0.2, 0.25) is 5.91 Å². The van der Waals surface area contributed by atoms with Crippen LogP contribution in [0.4, 0.5) is 0 Å². The van der Waals surface area contributed by atoms with Crippen LogP contribution in [0.15, 0.2) is 96.1 Å². The van der Waals surface area contributed by atoms with Crippen molar-refractivity contribution >= 4 is 34.5 Å². The van der Waals surface area contributed by atoms with Gasteiger partial charge < -0.3 is 4.74 Å². The number of halogens is 1. The average molecular weight is 429 g/mol. The Morgan fingerprint density at radius 2 is 1.65 bits per heavy atom. The van der Waals surface area contributed by atoms with Crippen LogP contribution >= 0.6 is 11.6 Å². The summed E-state index contributed by atoms with van der Waals surface area (Å²) in [6.07, 6.45) is 1.89. The Morgan fingerprint density at radius 3 is 2.45 bits per heavy atom. The van der Waals surface area contributed by atoms with Crippen molar-refractivity contribution in [1.82, 2.24) is 5.43 Å². The lowest BCUT2D eigenvalue weighted by molar-refractivity contribution is -0.120. The van der Waals surface area contributed by atoms with Crippen LogP contribution in [0, 0.1) is 0 Å². The average Bonchev–Trinajstić information content (AvgIpc) is 2.80. The number of hydrazone groups is 1. The second-order valence-electron chi connectivity index (χ2n) is 7.09. The summed E-state index contributed by atoms with van der Waals surface area (Å²) in [4.78, 5) is 12.3. The first-order valence-corrected chi connectivity index (χ1v) is 10.3. The molecule has 1 amide bonds. The molecular formula is C26H21ClN2O2. The first-order chi connectivity index (χ1) is 15.2. The van der Waals surface area contributed by atoms with Gasteiger partial charge in [-0.1, -0.05) is 66.2 Å². The van der Waals surface area contributed by atoms with E-state index >= 15 is 0 Å². The molecule has 1 N–H and O–H groups in total. The highest BCUT2D eigenvalue weighted by Crippen LogP contribution is 2.19. The zero-order valence-electron chi connectivity index (χ0n) is 16.8. The number of rotatable bonds is 7. The van der Waals surface area contributed by atoms with Gasteiger partial charge in [-0.25, -0.2) is 5.43 Å². The highest BCUT2D eigenvalue weighted by Gasteiger charge is 2.06. The lowest BCUT2D eigenvalue weighted by Crippen LogP contribution is -2.19. The molecule has 5 heteroatoms. The van der Waals surface area contributed by atoms with Crippen LogP contribution in [0.5, 0.6) is 5.75 Å². The Labute approximate surface area is 186 Å². The number of nitrogens with one attached hydrogen (secondary N) is 1. The Balaban J connectivity index is 1.29. The lowest BCUT2D eigenvalue weighted by Gasteiger charge is -2.07. The molecule has 0 heterocycles. The van der Waals surface area contributed by atoms with Crippen molar-refractivity contribution in [1.29, 1.82) is 0 Å². The number of carbonyl (C=O) groups is 1. The minimum absolute atomic E-state index is 0.157. The molecule has 4 rings (SSSR count). The summed E-state index contributed by atoms with van der Waals surface area (Å²) in [7, 11) is 0. The molecule has 0 radical (unpaired) electrons. The van der Waals surface area contributed by atoms with Crippen LogP contribution in [-0.4, -0.2) is 12.1 Å².